The molecule has 0 radical (unpaired) electrons. The van der Waals surface area contributed by atoms with Gasteiger partial charge in [0.25, 0.3) is 0 Å². The average Bonchev–Trinajstić information content (AvgIpc) is 3.22. The van der Waals surface area contributed by atoms with Crippen LogP contribution >= 0.6 is 11.3 Å². The molecule has 0 N–H and O–H groups in total. The lowest BCUT2D eigenvalue weighted by atomic mass is 9.89. The quantitative estimate of drug-likeness (QED) is 0.733. The summed E-state index contributed by atoms with van der Waals surface area (Å²) in [5.41, 5.74) is 1.05. The van der Waals surface area contributed by atoms with Gasteiger partial charge in [-0.25, -0.2) is 13.4 Å². The molecule has 1 aromatic carbocycles. The van der Waals surface area contributed by atoms with Crippen molar-refractivity contribution in [1.82, 2.24) is 4.98 Å². The first-order valence-electron chi connectivity index (χ1n) is 9.54. The second-order valence-electron chi connectivity index (χ2n) is 7.57. The number of carbonyl (C=O) groups excluding carboxylic acids is 1. The number of aryl methyl sites for hydroxylation is 1. The molecule has 0 saturated carbocycles. The molecule has 2 atom stereocenters. The van der Waals surface area contributed by atoms with Gasteiger partial charge in [0, 0.05) is 45.3 Å². The van der Waals surface area contributed by atoms with Crippen molar-refractivity contribution in [3.8, 4) is 0 Å². The van der Waals surface area contributed by atoms with Crippen LogP contribution in [0.3, 0.4) is 0 Å². The van der Waals surface area contributed by atoms with Gasteiger partial charge in [0.2, 0.25) is 20.1 Å². The number of fused-ring (bicyclic) bond motifs is 1. The van der Waals surface area contributed by atoms with E-state index in [1.54, 1.807) is 43.5 Å². The van der Waals surface area contributed by atoms with Gasteiger partial charge in [0.15, 0.2) is 0 Å². The number of methoxy groups -OCH3 is 1. The van der Waals surface area contributed by atoms with E-state index in [0.717, 1.165) is 27.5 Å². The molecule has 1 unspecified atom stereocenters. The van der Waals surface area contributed by atoms with Crippen LogP contribution in [0.2, 0.25) is 0 Å². The standard InChI is InChI=1S/C20H24N2O5S2/c1-13-11-20(26-3,8-9-27-13)17-12-21-19(28-17)29(24,25)15-5-6-16-14(10-15)4-7-18(23)22(16)2/h5-6,10,12-13H,4,7-9,11H2,1-3H3/t13?,20-/m1/s1. The topological polar surface area (TPSA) is 85.8 Å². The summed E-state index contributed by atoms with van der Waals surface area (Å²) in [4.78, 5) is 18.7. The number of thiazole rings is 1. The predicted octanol–water partition coefficient (Wildman–Crippen LogP) is 2.93. The summed E-state index contributed by atoms with van der Waals surface area (Å²) >= 11 is 1.16. The van der Waals surface area contributed by atoms with Gasteiger partial charge in [-0.2, -0.15) is 0 Å². The van der Waals surface area contributed by atoms with Crippen molar-refractivity contribution >= 4 is 32.8 Å². The Bertz CT molecular complexity index is 1050. The number of aromatic nitrogens is 1. The fraction of sp³-hybridized carbons (Fsp3) is 0.500. The Balaban J connectivity index is 1.68. The molecule has 0 spiro atoms. The van der Waals surface area contributed by atoms with E-state index in [0.29, 0.717) is 32.3 Å². The van der Waals surface area contributed by atoms with E-state index in [1.807, 2.05) is 6.92 Å². The van der Waals surface area contributed by atoms with Crippen molar-refractivity contribution in [2.24, 2.45) is 0 Å². The van der Waals surface area contributed by atoms with Crippen LogP contribution in [0.5, 0.6) is 0 Å². The van der Waals surface area contributed by atoms with E-state index in [9.17, 15) is 13.2 Å². The summed E-state index contributed by atoms with van der Waals surface area (Å²) in [5.74, 6) is 0.0354. The third kappa shape index (κ3) is 3.50. The Morgan fingerprint density at radius 1 is 1.34 bits per heavy atom. The molecule has 1 saturated heterocycles. The molecule has 156 valence electrons. The second-order valence-corrected chi connectivity index (χ2v) is 10.7. The van der Waals surface area contributed by atoms with Crippen LogP contribution in [0.4, 0.5) is 5.69 Å². The van der Waals surface area contributed by atoms with Gasteiger partial charge in [-0.15, -0.1) is 11.3 Å². The van der Waals surface area contributed by atoms with Gasteiger partial charge in [-0.3, -0.25) is 4.79 Å². The van der Waals surface area contributed by atoms with Crippen LogP contribution in [0.15, 0.2) is 33.6 Å². The van der Waals surface area contributed by atoms with Gasteiger partial charge in [0.1, 0.15) is 5.60 Å². The average molecular weight is 437 g/mol. The van der Waals surface area contributed by atoms with E-state index >= 15 is 0 Å². The molecular weight excluding hydrogens is 412 g/mol. The number of sulfone groups is 1. The van der Waals surface area contributed by atoms with E-state index in [1.165, 1.54) is 0 Å². The van der Waals surface area contributed by atoms with Crippen molar-refractivity contribution in [2.45, 2.75) is 53.5 Å². The minimum atomic E-state index is -3.75. The Morgan fingerprint density at radius 3 is 2.86 bits per heavy atom. The number of hydrogen-bond acceptors (Lipinski definition) is 7. The lowest BCUT2D eigenvalue weighted by Crippen LogP contribution is -2.38. The van der Waals surface area contributed by atoms with E-state index in [2.05, 4.69) is 4.98 Å². The van der Waals surface area contributed by atoms with E-state index in [4.69, 9.17) is 9.47 Å². The Labute approximate surface area is 174 Å². The largest absolute Gasteiger partial charge is 0.378 e. The second kappa shape index (κ2) is 7.46. The third-order valence-electron chi connectivity index (χ3n) is 5.78. The molecule has 1 amide bonds. The summed E-state index contributed by atoms with van der Waals surface area (Å²) in [6.45, 7) is 2.55. The smallest absolute Gasteiger partial charge is 0.233 e. The molecule has 2 aromatic rings. The maximum absolute atomic E-state index is 13.2. The highest BCUT2D eigenvalue weighted by molar-refractivity contribution is 7.93. The zero-order valence-electron chi connectivity index (χ0n) is 16.7. The number of anilines is 1. The first-order valence-corrected chi connectivity index (χ1v) is 11.8. The normalized spacial score (nSPS) is 25.1. The summed E-state index contributed by atoms with van der Waals surface area (Å²) < 4.78 is 37.9. The van der Waals surface area contributed by atoms with E-state index < -0.39 is 15.4 Å². The Hall–Kier alpha value is -1.81. The van der Waals surface area contributed by atoms with Gasteiger partial charge < -0.3 is 14.4 Å². The van der Waals surface area contributed by atoms with Crippen molar-refractivity contribution in [2.75, 3.05) is 25.7 Å². The zero-order valence-corrected chi connectivity index (χ0v) is 18.3. The molecule has 29 heavy (non-hydrogen) atoms. The molecule has 4 rings (SSSR count). The highest BCUT2D eigenvalue weighted by Gasteiger charge is 2.40. The fourth-order valence-corrected chi connectivity index (χ4v) is 6.84. The minimum Gasteiger partial charge on any atom is -0.378 e. The van der Waals surface area contributed by atoms with Gasteiger partial charge in [0.05, 0.1) is 22.5 Å². The molecule has 9 heteroatoms. The highest BCUT2D eigenvalue weighted by Crippen LogP contribution is 2.42. The maximum atomic E-state index is 13.2. The fourth-order valence-electron chi connectivity index (χ4n) is 4.05. The summed E-state index contributed by atoms with van der Waals surface area (Å²) in [5, 5.41) is 0. The number of rotatable bonds is 4. The molecule has 2 aliphatic heterocycles. The molecule has 1 fully saturated rings. The van der Waals surface area contributed by atoms with Crippen LogP contribution in [0.25, 0.3) is 0 Å². The molecule has 0 aliphatic carbocycles. The van der Waals surface area contributed by atoms with E-state index in [-0.39, 0.29) is 21.2 Å². The Morgan fingerprint density at radius 2 is 2.14 bits per heavy atom. The van der Waals surface area contributed by atoms with Crippen molar-refractivity contribution in [3.63, 3.8) is 0 Å². The highest BCUT2D eigenvalue weighted by atomic mass is 32.2. The zero-order chi connectivity index (χ0) is 20.8. The molecule has 2 aliphatic rings. The monoisotopic (exact) mass is 436 g/mol. The lowest BCUT2D eigenvalue weighted by Gasteiger charge is -2.37. The number of nitrogens with zero attached hydrogens (tertiary/aromatic N) is 2. The third-order valence-corrected chi connectivity index (χ3v) is 9.11. The number of hydrogen-bond donors (Lipinski definition) is 0. The number of amides is 1. The number of ether oxygens (including phenoxy) is 2. The minimum absolute atomic E-state index is 0.0335. The van der Waals surface area contributed by atoms with Crippen LogP contribution < -0.4 is 4.90 Å². The number of carbonyl (C=O) groups is 1. The molecule has 3 heterocycles. The molecular formula is C20H24N2O5S2. The van der Waals surface area contributed by atoms with Crippen molar-refractivity contribution < 1.29 is 22.7 Å². The van der Waals surface area contributed by atoms with Gasteiger partial charge in [-0.05, 0) is 37.1 Å². The van der Waals surface area contributed by atoms with Crippen LogP contribution in [0.1, 0.15) is 36.6 Å². The molecule has 1 aromatic heterocycles. The van der Waals surface area contributed by atoms with Crippen LogP contribution in [-0.2, 0) is 36.1 Å². The number of benzene rings is 1. The SMILES string of the molecule is CO[C@]1(c2cnc(S(=O)(=O)c3ccc4c(c3)CCC(=O)N4C)s2)CCOC(C)C1. The van der Waals surface area contributed by atoms with Crippen molar-refractivity contribution in [1.29, 1.82) is 0 Å². The molecule has 7 nitrogen and oxygen atoms in total. The summed E-state index contributed by atoms with van der Waals surface area (Å²) in [6.07, 6.45) is 3.88. The molecule has 0 bridgehead atoms. The van der Waals surface area contributed by atoms with Gasteiger partial charge >= 0.3 is 0 Å². The lowest BCUT2D eigenvalue weighted by molar-refractivity contribution is -0.120. The van der Waals surface area contributed by atoms with Crippen LogP contribution in [-0.4, -0.2) is 46.2 Å². The summed E-state index contributed by atoms with van der Waals surface area (Å²) in [6, 6.07) is 4.91. The summed E-state index contributed by atoms with van der Waals surface area (Å²) in [7, 11) is -0.398. The maximum Gasteiger partial charge on any atom is 0.233 e. The first kappa shape index (κ1) is 20.5. The van der Waals surface area contributed by atoms with Crippen LogP contribution in [0, 0.1) is 0 Å². The van der Waals surface area contributed by atoms with Crippen molar-refractivity contribution in [3.05, 3.63) is 34.8 Å². The predicted molar refractivity (Wildman–Crippen MR) is 109 cm³/mol. The van der Waals surface area contributed by atoms with Gasteiger partial charge in [-0.1, -0.05) is 0 Å². The Kier molecular flexibility index (Phi) is 5.27. The first-order chi connectivity index (χ1) is 13.8.